The summed E-state index contributed by atoms with van der Waals surface area (Å²) in [5, 5.41) is -0.00104. The highest BCUT2D eigenvalue weighted by Gasteiger charge is 2.33. The Morgan fingerprint density at radius 1 is 1.30 bits per heavy atom. The number of amides is 1. The molecule has 1 amide bonds. The lowest BCUT2D eigenvalue weighted by Gasteiger charge is -2.39. The highest BCUT2D eigenvalue weighted by molar-refractivity contribution is 6.34. The van der Waals surface area contributed by atoms with Gasteiger partial charge >= 0.3 is 0 Å². The second-order valence-electron chi connectivity index (χ2n) is 5.52. The van der Waals surface area contributed by atoms with E-state index in [0.717, 1.165) is 25.3 Å². The van der Waals surface area contributed by atoms with E-state index in [1.807, 2.05) is 13.8 Å². The Hall–Kier alpha value is -1.16. The van der Waals surface area contributed by atoms with Crippen LogP contribution in [-0.4, -0.2) is 22.9 Å². The maximum Gasteiger partial charge on any atom is 0.258 e. The summed E-state index contributed by atoms with van der Waals surface area (Å²) in [4.78, 5) is 14.2. The molecule has 0 unspecified atom stereocenters. The SMILES string of the molecule is Cc1cc(F)c(F)c(C(=O)N2[C@H](C)CCC[C@@H]2C)c1Cl. The zero-order valence-electron chi connectivity index (χ0n) is 11.8. The third-order valence-corrected chi connectivity index (χ3v) is 4.47. The lowest BCUT2D eigenvalue weighted by Crippen LogP contribution is -2.47. The highest BCUT2D eigenvalue weighted by Crippen LogP contribution is 2.31. The number of carbonyl (C=O) groups is 1. The normalized spacial score (nSPS) is 23.0. The minimum Gasteiger partial charge on any atom is -0.333 e. The van der Waals surface area contributed by atoms with Crippen molar-refractivity contribution in [2.45, 2.75) is 52.1 Å². The maximum atomic E-state index is 14.0. The van der Waals surface area contributed by atoms with Gasteiger partial charge < -0.3 is 4.90 Å². The van der Waals surface area contributed by atoms with E-state index in [9.17, 15) is 13.6 Å². The van der Waals surface area contributed by atoms with Crippen LogP contribution in [-0.2, 0) is 0 Å². The molecule has 1 aromatic carbocycles. The van der Waals surface area contributed by atoms with Gasteiger partial charge in [0, 0.05) is 12.1 Å². The van der Waals surface area contributed by atoms with Gasteiger partial charge in [0.15, 0.2) is 11.6 Å². The second-order valence-corrected chi connectivity index (χ2v) is 5.90. The lowest BCUT2D eigenvalue weighted by atomic mass is 9.96. The zero-order chi connectivity index (χ0) is 15.0. The third-order valence-electron chi connectivity index (χ3n) is 3.98. The molecule has 0 saturated carbocycles. The van der Waals surface area contributed by atoms with E-state index in [-0.39, 0.29) is 22.7 Å². The standard InChI is InChI=1S/C15H18ClF2NO/c1-8-7-11(17)14(18)12(13(8)16)15(20)19-9(2)5-4-6-10(19)3/h7,9-10H,4-6H2,1-3H3/t9-,10+. The summed E-state index contributed by atoms with van der Waals surface area (Å²) >= 11 is 6.03. The van der Waals surface area contributed by atoms with Gasteiger partial charge in [-0.15, -0.1) is 0 Å². The summed E-state index contributed by atoms with van der Waals surface area (Å²) in [6, 6.07) is 1.02. The first kappa shape index (κ1) is 15.2. The molecular formula is C15H18ClF2NO. The molecule has 2 rings (SSSR count). The molecule has 0 spiro atoms. The van der Waals surface area contributed by atoms with E-state index in [4.69, 9.17) is 11.6 Å². The molecule has 1 aliphatic rings. The van der Waals surface area contributed by atoms with E-state index in [1.165, 1.54) is 0 Å². The summed E-state index contributed by atoms with van der Waals surface area (Å²) in [6.07, 6.45) is 2.76. The van der Waals surface area contributed by atoms with Gasteiger partial charge in [-0.25, -0.2) is 8.78 Å². The Morgan fingerprint density at radius 3 is 2.40 bits per heavy atom. The fraction of sp³-hybridized carbons (Fsp3) is 0.533. The smallest absolute Gasteiger partial charge is 0.258 e. The van der Waals surface area contributed by atoms with Crippen LogP contribution in [0.5, 0.6) is 0 Å². The molecule has 2 atom stereocenters. The molecule has 5 heteroatoms. The van der Waals surface area contributed by atoms with Crippen LogP contribution in [0.15, 0.2) is 6.07 Å². The number of hydrogen-bond donors (Lipinski definition) is 0. The highest BCUT2D eigenvalue weighted by atomic mass is 35.5. The Kier molecular flexibility index (Phi) is 4.33. The predicted octanol–water partition coefficient (Wildman–Crippen LogP) is 4.33. The van der Waals surface area contributed by atoms with Crippen LogP contribution in [0.3, 0.4) is 0 Å². The molecule has 1 heterocycles. The molecule has 0 aromatic heterocycles. The molecule has 0 bridgehead atoms. The van der Waals surface area contributed by atoms with Crippen molar-refractivity contribution >= 4 is 17.5 Å². The van der Waals surface area contributed by atoms with Crippen molar-refractivity contribution in [2.75, 3.05) is 0 Å². The largest absolute Gasteiger partial charge is 0.333 e. The fourth-order valence-electron chi connectivity index (χ4n) is 2.87. The van der Waals surface area contributed by atoms with Gasteiger partial charge in [-0.1, -0.05) is 11.6 Å². The monoisotopic (exact) mass is 301 g/mol. The number of aryl methyl sites for hydroxylation is 1. The van der Waals surface area contributed by atoms with Gasteiger partial charge in [-0.2, -0.15) is 0 Å². The molecule has 1 fully saturated rings. The van der Waals surface area contributed by atoms with Gasteiger partial charge in [0.25, 0.3) is 5.91 Å². The van der Waals surface area contributed by atoms with Gasteiger partial charge in [-0.05, 0) is 51.7 Å². The Morgan fingerprint density at radius 2 is 1.85 bits per heavy atom. The number of hydrogen-bond acceptors (Lipinski definition) is 1. The van der Waals surface area contributed by atoms with Crippen LogP contribution in [0.2, 0.25) is 5.02 Å². The van der Waals surface area contributed by atoms with Crippen LogP contribution >= 0.6 is 11.6 Å². The van der Waals surface area contributed by atoms with Crippen molar-refractivity contribution in [3.05, 3.63) is 33.9 Å². The summed E-state index contributed by atoms with van der Waals surface area (Å²) in [7, 11) is 0. The second kappa shape index (κ2) is 5.68. The van der Waals surface area contributed by atoms with E-state index in [0.29, 0.717) is 5.56 Å². The van der Waals surface area contributed by atoms with E-state index < -0.39 is 17.5 Å². The van der Waals surface area contributed by atoms with Gasteiger partial charge in [0.05, 0.1) is 10.6 Å². The quantitative estimate of drug-likeness (QED) is 0.707. The topological polar surface area (TPSA) is 20.3 Å². The molecule has 20 heavy (non-hydrogen) atoms. The molecule has 0 radical (unpaired) electrons. The summed E-state index contributed by atoms with van der Waals surface area (Å²) < 4.78 is 27.5. The maximum absolute atomic E-state index is 14.0. The molecule has 110 valence electrons. The summed E-state index contributed by atoms with van der Waals surface area (Å²) in [6.45, 7) is 5.40. The average molecular weight is 302 g/mol. The molecule has 1 aliphatic heterocycles. The van der Waals surface area contributed by atoms with E-state index >= 15 is 0 Å². The van der Waals surface area contributed by atoms with Gasteiger partial charge in [-0.3, -0.25) is 4.79 Å². The molecule has 0 N–H and O–H groups in total. The number of halogens is 3. The van der Waals surface area contributed by atoms with Crippen LogP contribution in [0.25, 0.3) is 0 Å². The van der Waals surface area contributed by atoms with Crippen molar-refractivity contribution in [3.8, 4) is 0 Å². The van der Waals surface area contributed by atoms with Gasteiger partial charge in [0.1, 0.15) is 0 Å². The number of rotatable bonds is 1. The first-order valence-corrected chi connectivity index (χ1v) is 7.19. The third kappa shape index (κ3) is 2.53. The molecule has 1 aromatic rings. The van der Waals surface area contributed by atoms with Crippen molar-refractivity contribution in [1.29, 1.82) is 0 Å². The molecule has 0 aliphatic carbocycles. The number of likely N-dealkylation sites (tertiary alicyclic amines) is 1. The number of carbonyl (C=O) groups excluding carboxylic acids is 1. The van der Waals surface area contributed by atoms with Crippen molar-refractivity contribution in [1.82, 2.24) is 4.90 Å². The van der Waals surface area contributed by atoms with Crippen molar-refractivity contribution < 1.29 is 13.6 Å². The Labute approximate surface area is 122 Å². The summed E-state index contributed by atoms with van der Waals surface area (Å²) in [5.74, 6) is -2.71. The van der Waals surface area contributed by atoms with E-state index in [1.54, 1.807) is 11.8 Å². The average Bonchev–Trinajstić information content (AvgIpc) is 2.36. The lowest BCUT2D eigenvalue weighted by molar-refractivity contribution is 0.0505. The molecule has 1 saturated heterocycles. The molecule has 2 nitrogen and oxygen atoms in total. The van der Waals surface area contributed by atoms with Crippen LogP contribution in [0.1, 0.15) is 49.0 Å². The predicted molar refractivity (Wildman–Crippen MR) is 75.0 cm³/mol. The van der Waals surface area contributed by atoms with Crippen molar-refractivity contribution in [3.63, 3.8) is 0 Å². The van der Waals surface area contributed by atoms with Crippen LogP contribution in [0.4, 0.5) is 8.78 Å². The van der Waals surface area contributed by atoms with Gasteiger partial charge in [0.2, 0.25) is 0 Å². The van der Waals surface area contributed by atoms with Crippen molar-refractivity contribution in [2.24, 2.45) is 0 Å². The Balaban J connectivity index is 2.48. The van der Waals surface area contributed by atoms with Crippen LogP contribution < -0.4 is 0 Å². The Bertz CT molecular complexity index is 511. The fourth-order valence-corrected chi connectivity index (χ4v) is 3.09. The minimum atomic E-state index is -1.16. The number of nitrogens with zero attached hydrogens (tertiary/aromatic N) is 1. The number of benzene rings is 1. The first-order valence-electron chi connectivity index (χ1n) is 6.81. The summed E-state index contributed by atoms with van der Waals surface area (Å²) in [5.41, 5.74) is 0.0241. The first-order chi connectivity index (χ1) is 9.34. The van der Waals surface area contributed by atoms with E-state index in [2.05, 4.69) is 0 Å². The number of piperidine rings is 1. The van der Waals surface area contributed by atoms with Crippen LogP contribution in [0, 0.1) is 18.6 Å². The zero-order valence-corrected chi connectivity index (χ0v) is 12.6. The minimum absolute atomic E-state index is 0.00104. The molecular weight excluding hydrogens is 284 g/mol.